The predicted octanol–water partition coefficient (Wildman–Crippen LogP) is 5.11. The van der Waals surface area contributed by atoms with Crippen LogP contribution in [0.2, 0.25) is 0 Å². The zero-order valence-corrected chi connectivity index (χ0v) is 18.2. The molecule has 31 heavy (non-hydrogen) atoms. The third-order valence-electron chi connectivity index (χ3n) is 4.62. The average Bonchev–Trinajstić information content (AvgIpc) is 3.53. The predicted molar refractivity (Wildman–Crippen MR) is 122 cm³/mol. The second-order valence-corrected chi connectivity index (χ2v) is 8.48. The van der Waals surface area contributed by atoms with Crippen LogP contribution in [0.25, 0.3) is 11.1 Å². The molecule has 0 saturated carbocycles. The van der Waals surface area contributed by atoms with Crippen molar-refractivity contribution in [1.29, 1.82) is 0 Å². The highest BCUT2D eigenvalue weighted by molar-refractivity contribution is 7.15. The van der Waals surface area contributed by atoms with Crippen molar-refractivity contribution < 1.29 is 19.1 Å². The number of anilines is 1. The Balaban J connectivity index is 1.61. The molecule has 0 saturated heterocycles. The summed E-state index contributed by atoms with van der Waals surface area (Å²) in [7, 11) is 1.75. The highest BCUT2D eigenvalue weighted by Gasteiger charge is 2.24. The van der Waals surface area contributed by atoms with Gasteiger partial charge in [0.15, 0.2) is 6.61 Å². The molecule has 0 spiro atoms. The number of thiophene rings is 2. The molecule has 4 aromatic rings. The topological polar surface area (TPSA) is 77.4 Å². The molecule has 1 N–H and O–H groups in total. The van der Waals surface area contributed by atoms with E-state index in [2.05, 4.69) is 5.32 Å². The fraction of sp³-hybridized carbons (Fsp3) is 0.0870. The van der Waals surface area contributed by atoms with Gasteiger partial charge in [0.2, 0.25) is 5.78 Å². The normalized spacial score (nSPS) is 10.6. The largest absolute Gasteiger partial charge is 0.454 e. The Morgan fingerprint density at radius 3 is 2.48 bits per heavy atom. The molecule has 0 aliphatic rings. The quantitative estimate of drug-likeness (QED) is 0.314. The molecule has 0 unspecified atom stereocenters. The lowest BCUT2D eigenvalue weighted by atomic mass is 10.0. The molecule has 0 fully saturated rings. The first-order valence-corrected chi connectivity index (χ1v) is 11.1. The zero-order chi connectivity index (χ0) is 21.8. The summed E-state index contributed by atoms with van der Waals surface area (Å²) >= 11 is 2.55. The molecule has 0 radical (unpaired) electrons. The van der Waals surface area contributed by atoms with Crippen LogP contribution in [0.1, 0.15) is 30.5 Å². The lowest BCUT2D eigenvalue weighted by Gasteiger charge is -2.09. The smallest absolute Gasteiger partial charge is 0.342 e. The van der Waals surface area contributed by atoms with Gasteiger partial charge in [-0.05, 0) is 29.1 Å². The van der Waals surface area contributed by atoms with Crippen molar-refractivity contribution in [2.75, 3.05) is 11.9 Å². The molecule has 0 aliphatic heterocycles. The van der Waals surface area contributed by atoms with Gasteiger partial charge < -0.3 is 14.6 Å². The van der Waals surface area contributed by atoms with Gasteiger partial charge in [-0.25, -0.2) is 4.79 Å². The number of hydrogen-bond acceptors (Lipinski definition) is 6. The fourth-order valence-electron chi connectivity index (χ4n) is 3.08. The standard InChI is InChI=1S/C23H18N2O4S2/c1-25-11-5-9-17(25)18(26)13-29-23(28)20-16(15-7-3-2-4-8-15)14-31-22(20)24-21(27)19-10-6-12-30-19/h2-12,14H,13H2,1H3,(H,24,27). The Morgan fingerprint density at radius 1 is 1.00 bits per heavy atom. The number of ether oxygens (including phenoxy) is 1. The van der Waals surface area contributed by atoms with Crippen molar-refractivity contribution in [1.82, 2.24) is 4.57 Å². The van der Waals surface area contributed by atoms with Crippen molar-refractivity contribution in [2.24, 2.45) is 7.05 Å². The summed E-state index contributed by atoms with van der Waals surface area (Å²) in [5.41, 5.74) is 2.15. The van der Waals surface area contributed by atoms with Gasteiger partial charge in [-0.2, -0.15) is 0 Å². The number of aromatic nitrogens is 1. The third-order valence-corrected chi connectivity index (χ3v) is 6.38. The van der Waals surface area contributed by atoms with E-state index in [4.69, 9.17) is 4.74 Å². The minimum Gasteiger partial charge on any atom is -0.454 e. The number of aryl methyl sites for hydroxylation is 1. The molecule has 6 nitrogen and oxygen atoms in total. The molecule has 1 aromatic carbocycles. The number of carbonyl (C=O) groups excluding carboxylic acids is 3. The number of amides is 1. The number of nitrogens with zero attached hydrogens (tertiary/aromatic N) is 1. The molecule has 4 rings (SSSR count). The van der Waals surface area contributed by atoms with E-state index in [0.717, 1.165) is 5.56 Å². The molecular formula is C23H18N2O4S2. The van der Waals surface area contributed by atoms with Crippen molar-refractivity contribution in [3.05, 3.63) is 87.7 Å². The monoisotopic (exact) mass is 450 g/mol. The van der Waals surface area contributed by atoms with Crippen molar-refractivity contribution in [3.8, 4) is 11.1 Å². The highest BCUT2D eigenvalue weighted by atomic mass is 32.1. The van der Waals surface area contributed by atoms with Crippen molar-refractivity contribution >= 4 is 45.3 Å². The number of esters is 1. The summed E-state index contributed by atoms with van der Waals surface area (Å²) in [5.74, 6) is -1.27. The molecule has 3 heterocycles. The van der Waals surface area contributed by atoms with Gasteiger partial charge in [0, 0.05) is 24.2 Å². The van der Waals surface area contributed by atoms with Crippen LogP contribution >= 0.6 is 22.7 Å². The van der Waals surface area contributed by atoms with Crippen molar-refractivity contribution in [3.63, 3.8) is 0 Å². The van der Waals surface area contributed by atoms with Crippen LogP contribution < -0.4 is 5.32 Å². The number of nitrogens with one attached hydrogen (secondary N) is 1. The van der Waals surface area contributed by atoms with Crippen LogP contribution in [0.5, 0.6) is 0 Å². The molecule has 1 amide bonds. The maximum absolute atomic E-state index is 13.0. The first-order valence-electron chi connectivity index (χ1n) is 9.38. The summed E-state index contributed by atoms with van der Waals surface area (Å²) in [6.45, 7) is -0.390. The van der Waals surface area contributed by atoms with Gasteiger partial charge in [0.05, 0.1) is 10.6 Å². The Morgan fingerprint density at radius 2 is 1.81 bits per heavy atom. The van der Waals surface area contributed by atoms with Gasteiger partial charge in [0.1, 0.15) is 10.6 Å². The molecular weight excluding hydrogens is 432 g/mol. The number of carbonyl (C=O) groups is 3. The lowest BCUT2D eigenvalue weighted by Crippen LogP contribution is -2.18. The summed E-state index contributed by atoms with van der Waals surface area (Å²) in [6.07, 6.45) is 1.75. The van der Waals surface area contributed by atoms with Gasteiger partial charge in [0.25, 0.3) is 5.91 Å². The molecule has 0 bridgehead atoms. The molecule has 0 atom stereocenters. The minimum absolute atomic E-state index is 0.237. The molecule has 8 heteroatoms. The van der Waals surface area contributed by atoms with Gasteiger partial charge in [-0.1, -0.05) is 36.4 Å². The second kappa shape index (κ2) is 9.11. The van der Waals surface area contributed by atoms with Crippen LogP contribution in [-0.2, 0) is 11.8 Å². The Labute approximate surface area is 186 Å². The lowest BCUT2D eigenvalue weighted by molar-refractivity contribution is 0.0474. The first-order chi connectivity index (χ1) is 15.0. The Kier molecular flexibility index (Phi) is 6.11. The number of ketones is 1. The summed E-state index contributed by atoms with van der Waals surface area (Å²) in [6, 6.07) is 16.3. The van der Waals surface area contributed by atoms with Crippen LogP contribution in [0.15, 0.2) is 71.6 Å². The van der Waals surface area contributed by atoms with Crippen LogP contribution in [-0.4, -0.2) is 28.8 Å². The molecule has 0 aliphatic carbocycles. The molecule has 156 valence electrons. The average molecular weight is 451 g/mol. The van der Waals surface area contributed by atoms with E-state index < -0.39 is 5.97 Å². The van der Waals surface area contributed by atoms with Gasteiger partial charge >= 0.3 is 5.97 Å². The highest BCUT2D eigenvalue weighted by Crippen LogP contribution is 2.36. The van der Waals surface area contributed by atoms with E-state index >= 15 is 0 Å². The van der Waals surface area contributed by atoms with E-state index in [9.17, 15) is 14.4 Å². The number of hydrogen-bond donors (Lipinski definition) is 1. The van der Waals surface area contributed by atoms with Crippen molar-refractivity contribution in [2.45, 2.75) is 0 Å². The second-order valence-electron chi connectivity index (χ2n) is 6.65. The first kappa shape index (κ1) is 20.8. The maximum atomic E-state index is 13.0. The molecule has 3 aromatic heterocycles. The minimum atomic E-state index is -0.663. The third kappa shape index (κ3) is 4.50. The van der Waals surface area contributed by atoms with Crippen LogP contribution in [0.4, 0.5) is 5.00 Å². The van der Waals surface area contributed by atoms with E-state index in [1.165, 1.54) is 22.7 Å². The van der Waals surface area contributed by atoms with E-state index in [-0.39, 0.29) is 23.9 Å². The number of benzene rings is 1. The Bertz CT molecular complexity index is 1220. The number of rotatable bonds is 7. The van der Waals surface area contributed by atoms with Crippen LogP contribution in [0, 0.1) is 0 Å². The van der Waals surface area contributed by atoms with Gasteiger partial charge in [-0.3, -0.25) is 9.59 Å². The zero-order valence-electron chi connectivity index (χ0n) is 16.5. The SMILES string of the molecule is Cn1cccc1C(=O)COC(=O)c1c(-c2ccccc2)csc1NC(=O)c1cccs1. The summed E-state index contributed by atoms with van der Waals surface area (Å²) in [5, 5.41) is 6.80. The summed E-state index contributed by atoms with van der Waals surface area (Å²) in [4.78, 5) is 38.5. The number of Topliss-reactive ketones (excluding diaryl/α,β-unsaturated/α-hetero) is 1. The van der Waals surface area contributed by atoms with E-state index in [0.29, 0.717) is 21.1 Å². The van der Waals surface area contributed by atoms with E-state index in [1.54, 1.807) is 47.5 Å². The van der Waals surface area contributed by atoms with E-state index in [1.807, 2.05) is 35.7 Å². The summed E-state index contributed by atoms with van der Waals surface area (Å²) < 4.78 is 7.03. The van der Waals surface area contributed by atoms with Crippen LogP contribution in [0.3, 0.4) is 0 Å². The Hall–Kier alpha value is -3.49. The van der Waals surface area contributed by atoms with Gasteiger partial charge in [-0.15, -0.1) is 22.7 Å². The maximum Gasteiger partial charge on any atom is 0.342 e. The fourth-order valence-corrected chi connectivity index (χ4v) is 4.65.